The molecule has 2 N–H and O–H groups in total. The second-order valence-corrected chi connectivity index (χ2v) is 6.21. The van der Waals surface area contributed by atoms with Crippen molar-refractivity contribution in [3.05, 3.63) is 5.01 Å². The number of morpholine rings is 1. The predicted octanol–water partition coefficient (Wildman–Crippen LogP) is 1.08. The summed E-state index contributed by atoms with van der Waals surface area (Å²) < 4.78 is 5.67. The highest BCUT2D eigenvalue weighted by molar-refractivity contribution is 7.15. The first-order valence-corrected chi connectivity index (χ1v) is 7.57. The van der Waals surface area contributed by atoms with Crippen molar-refractivity contribution < 1.29 is 9.53 Å². The molecule has 1 saturated heterocycles. The fraction of sp³-hybridized carbons (Fsp3) is 0.750. The Morgan fingerprint density at radius 3 is 2.70 bits per heavy atom. The smallest absolute Gasteiger partial charge is 0.321 e. The van der Waals surface area contributed by atoms with Gasteiger partial charge in [0.15, 0.2) is 0 Å². The zero-order chi connectivity index (χ0) is 14.5. The van der Waals surface area contributed by atoms with Gasteiger partial charge in [0, 0.05) is 26.2 Å². The van der Waals surface area contributed by atoms with Crippen LogP contribution in [-0.4, -0.2) is 59.5 Å². The van der Waals surface area contributed by atoms with E-state index in [0.717, 1.165) is 24.6 Å². The summed E-state index contributed by atoms with van der Waals surface area (Å²) in [6.07, 6.45) is 0.494. The number of nitrogens with one attached hydrogen (secondary N) is 2. The molecule has 7 nitrogen and oxygen atoms in total. The van der Waals surface area contributed by atoms with Crippen molar-refractivity contribution in [2.75, 3.05) is 31.5 Å². The summed E-state index contributed by atoms with van der Waals surface area (Å²) in [6.45, 7) is 9.22. The highest BCUT2D eigenvalue weighted by Gasteiger charge is 2.21. The molecule has 0 radical (unpaired) electrons. The molecule has 0 bridgehead atoms. The van der Waals surface area contributed by atoms with Gasteiger partial charge in [0.25, 0.3) is 0 Å². The van der Waals surface area contributed by atoms with Crippen molar-refractivity contribution in [1.82, 2.24) is 20.4 Å². The second-order valence-electron chi connectivity index (χ2n) is 5.02. The third kappa shape index (κ3) is 4.69. The van der Waals surface area contributed by atoms with Gasteiger partial charge in [0.1, 0.15) is 5.01 Å². The Labute approximate surface area is 122 Å². The number of rotatable bonds is 4. The summed E-state index contributed by atoms with van der Waals surface area (Å²) in [4.78, 5) is 14.0. The summed E-state index contributed by atoms with van der Waals surface area (Å²) in [5.41, 5.74) is 0. The van der Waals surface area contributed by atoms with Crippen molar-refractivity contribution in [3.63, 3.8) is 0 Å². The Bertz CT molecular complexity index is 443. The van der Waals surface area contributed by atoms with Crippen molar-refractivity contribution in [2.24, 2.45) is 0 Å². The highest BCUT2D eigenvalue weighted by Crippen LogP contribution is 2.13. The molecule has 2 heterocycles. The highest BCUT2D eigenvalue weighted by atomic mass is 32.1. The van der Waals surface area contributed by atoms with Crippen LogP contribution in [0.1, 0.15) is 18.9 Å². The average Bonchev–Trinajstić information content (AvgIpc) is 2.73. The summed E-state index contributed by atoms with van der Waals surface area (Å²) in [5, 5.41) is 14.5. The number of amides is 2. The minimum atomic E-state index is -0.240. The molecule has 20 heavy (non-hydrogen) atoms. The monoisotopic (exact) mass is 299 g/mol. The summed E-state index contributed by atoms with van der Waals surface area (Å²) in [5.74, 6) is 0. The number of aromatic nitrogens is 2. The molecule has 1 aliphatic rings. The molecule has 2 atom stereocenters. The van der Waals surface area contributed by atoms with Crippen LogP contribution in [0, 0.1) is 6.92 Å². The second kappa shape index (κ2) is 6.96. The molecule has 0 unspecified atom stereocenters. The van der Waals surface area contributed by atoms with Gasteiger partial charge in [-0.15, -0.1) is 10.2 Å². The quantitative estimate of drug-likeness (QED) is 0.869. The number of hydrogen-bond acceptors (Lipinski definition) is 6. The van der Waals surface area contributed by atoms with Crippen LogP contribution in [-0.2, 0) is 4.74 Å². The number of urea groups is 1. The summed E-state index contributed by atoms with van der Waals surface area (Å²) in [6, 6.07) is -0.240. The van der Waals surface area contributed by atoms with E-state index in [1.165, 1.54) is 11.3 Å². The van der Waals surface area contributed by atoms with Crippen LogP contribution in [0.25, 0.3) is 0 Å². The van der Waals surface area contributed by atoms with E-state index < -0.39 is 0 Å². The van der Waals surface area contributed by atoms with Crippen LogP contribution in [0.3, 0.4) is 0 Å². The molecule has 1 aliphatic heterocycles. The molecule has 0 saturated carbocycles. The molecule has 2 amide bonds. The molecule has 0 spiro atoms. The molecule has 1 fully saturated rings. The van der Waals surface area contributed by atoms with E-state index in [0.29, 0.717) is 11.7 Å². The summed E-state index contributed by atoms with van der Waals surface area (Å²) in [7, 11) is 0. The Balaban J connectivity index is 1.66. The van der Waals surface area contributed by atoms with Gasteiger partial charge in [-0.1, -0.05) is 11.3 Å². The number of nitrogens with zero attached hydrogens (tertiary/aromatic N) is 3. The average molecular weight is 299 g/mol. The van der Waals surface area contributed by atoms with E-state index in [9.17, 15) is 4.79 Å². The Kier molecular flexibility index (Phi) is 5.27. The Morgan fingerprint density at radius 2 is 2.10 bits per heavy atom. The van der Waals surface area contributed by atoms with E-state index in [-0.39, 0.29) is 18.2 Å². The summed E-state index contributed by atoms with van der Waals surface area (Å²) >= 11 is 1.36. The topological polar surface area (TPSA) is 79.4 Å². The lowest BCUT2D eigenvalue weighted by atomic mass is 10.2. The minimum absolute atomic E-state index is 0.240. The van der Waals surface area contributed by atoms with Crippen LogP contribution in [0.4, 0.5) is 9.93 Å². The van der Waals surface area contributed by atoms with Gasteiger partial charge in [-0.3, -0.25) is 10.2 Å². The maximum Gasteiger partial charge on any atom is 0.321 e. The van der Waals surface area contributed by atoms with Crippen LogP contribution >= 0.6 is 11.3 Å². The fourth-order valence-electron chi connectivity index (χ4n) is 2.28. The molecule has 1 aromatic heterocycles. The molecular formula is C12H21N5O2S. The number of carbonyl (C=O) groups excluding carboxylic acids is 1. The van der Waals surface area contributed by atoms with E-state index in [4.69, 9.17) is 4.74 Å². The largest absolute Gasteiger partial charge is 0.373 e. The van der Waals surface area contributed by atoms with Gasteiger partial charge in [-0.25, -0.2) is 4.79 Å². The van der Waals surface area contributed by atoms with E-state index >= 15 is 0 Å². The van der Waals surface area contributed by atoms with E-state index in [2.05, 4.69) is 39.6 Å². The van der Waals surface area contributed by atoms with Gasteiger partial charge in [-0.05, 0) is 20.8 Å². The number of carbonyl (C=O) groups is 1. The number of anilines is 1. The third-order valence-corrected chi connectivity index (χ3v) is 3.71. The molecule has 112 valence electrons. The molecule has 8 heteroatoms. The van der Waals surface area contributed by atoms with Crippen LogP contribution < -0.4 is 10.6 Å². The van der Waals surface area contributed by atoms with E-state index in [1.54, 1.807) is 0 Å². The van der Waals surface area contributed by atoms with Gasteiger partial charge < -0.3 is 10.1 Å². The maximum atomic E-state index is 11.7. The normalized spacial score (nSPS) is 23.6. The standard InChI is InChI=1S/C12H21N5O2S/c1-8-6-17(7-9(2)19-8)5-4-13-11(18)14-12-16-15-10(3)20-12/h8-9H,4-7H2,1-3H3,(H2,13,14,16,18)/t8-,9-/m0/s1. The van der Waals surface area contributed by atoms with Gasteiger partial charge in [0.05, 0.1) is 12.2 Å². The van der Waals surface area contributed by atoms with Crippen LogP contribution in [0.15, 0.2) is 0 Å². The lowest BCUT2D eigenvalue weighted by Gasteiger charge is -2.35. The molecular weight excluding hydrogens is 278 g/mol. The lowest BCUT2D eigenvalue weighted by Crippen LogP contribution is -2.48. The Morgan fingerprint density at radius 1 is 1.40 bits per heavy atom. The third-order valence-electron chi connectivity index (χ3n) is 2.96. The van der Waals surface area contributed by atoms with Crippen molar-refractivity contribution >= 4 is 22.5 Å². The fourth-order valence-corrected chi connectivity index (χ4v) is 2.87. The van der Waals surface area contributed by atoms with Crippen molar-refractivity contribution in [3.8, 4) is 0 Å². The van der Waals surface area contributed by atoms with Gasteiger partial charge >= 0.3 is 6.03 Å². The van der Waals surface area contributed by atoms with Crippen molar-refractivity contribution in [2.45, 2.75) is 33.0 Å². The SMILES string of the molecule is Cc1nnc(NC(=O)NCCN2C[C@H](C)O[C@@H](C)C2)s1. The predicted molar refractivity (Wildman–Crippen MR) is 78.1 cm³/mol. The zero-order valence-electron chi connectivity index (χ0n) is 12.0. The molecule has 0 aromatic carbocycles. The van der Waals surface area contributed by atoms with E-state index in [1.807, 2.05) is 6.92 Å². The first-order chi connectivity index (χ1) is 9.52. The lowest BCUT2D eigenvalue weighted by molar-refractivity contribution is -0.0672. The van der Waals surface area contributed by atoms with Crippen molar-refractivity contribution in [1.29, 1.82) is 0 Å². The zero-order valence-corrected chi connectivity index (χ0v) is 12.9. The Hall–Kier alpha value is -1.25. The minimum Gasteiger partial charge on any atom is -0.373 e. The number of ether oxygens (including phenoxy) is 1. The van der Waals surface area contributed by atoms with Crippen LogP contribution in [0.2, 0.25) is 0 Å². The molecule has 0 aliphatic carbocycles. The molecule has 2 rings (SSSR count). The number of hydrogen-bond donors (Lipinski definition) is 2. The van der Waals surface area contributed by atoms with Gasteiger partial charge in [0.2, 0.25) is 5.13 Å². The first-order valence-electron chi connectivity index (χ1n) is 6.75. The number of aryl methyl sites for hydroxylation is 1. The molecule has 1 aromatic rings. The van der Waals surface area contributed by atoms with Crippen LogP contribution in [0.5, 0.6) is 0 Å². The maximum absolute atomic E-state index is 11.7. The first kappa shape index (κ1) is 15.1. The van der Waals surface area contributed by atoms with Gasteiger partial charge in [-0.2, -0.15) is 0 Å².